The molecule has 1 aromatic carbocycles. The van der Waals surface area contributed by atoms with Crippen LogP contribution < -0.4 is 5.73 Å². The molecule has 0 heterocycles. The van der Waals surface area contributed by atoms with E-state index in [9.17, 15) is 8.42 Å². The lowest BCUT2D eigenvalue weighted by Crippen LogP contribution is -2.13. The summed E-state index contributed by atoms with van der Waals surface area (Å²) in [5.41, 5.74) is 6.60. The van der Waals surface area contributed by atoms with Crippen LogP contribution in [0.4, 0.5) is 5.69 Å². The van der Waals surface area contributed by atoms with Crippen LogP contribution in [0.2, 0.25) is 5.02 Å². The van der Waals surface area contributed by atoms with Crippen LogP contribution >= 0.6 is 11.6 Å². The molecule has 4 nitrogen and oxygen atoms in total. The number of hydrogen-bond acceptors (Lipinski definition) is 4. The summed E-state index contributed by atoms with van der Waals surface area (Å²) in [6, 6.07) is 4.80. The molecule has 0 bridgehead atoms. The van der Waals surface area contributed by atoms with Gasteiger partial charge in [-0.05, 0) is 23.8 Å². The second kappa shape index (κ2) is 5.52. The van der Waals surface area contributed by atoms with E-state index in [0.717, 1.165) is 0 Å². The molecule has 2 N–H and O–H groups in total. The Labute approximate surface area is 100 Å². The Morgan fingerprint density at radius 3 is 2.75 bits per heavy atom. The number of nitrogens with two attached hydrogens (primary N) is 1. The third-order valence-electron chi connectivity index (χ3n) is 2.04. The summed E-state index contributed by atoms with van der Waals surface area (Å²) in [6.07, 6.45) is 0. The molecular formula is C10H14ClNO3S. The van der Waals surface area contributed by atoms with Crippen molar-refractivity contribution in [2.45, 2.75) is 5.75 Å². The molecule has 90 valence electrons. The molecule has 0 amide bonds. The fourth-order valence-corrected chi connectivity index (χ4v) is 2.77. The minimum absolute atomic E-state index is 0.0192. The Morgan fingerprint density at radius 1 is 1.44 bits per heavy atom. The average molecular weight is 264 g/mol. The molecule has 0 saturated heterocycles. The van der Waals surface area contributed by atoms with Crippen LogP contribution in [0.25, 0.3) is 0 Å². The van der Waals surface area contributed by atoms with E-state index in [1.54, 1.807) is 18.2 Å². The highest BCUT2D eigenvalue weighted by atomic mass is 35.5. The number of halogens is 1. The van der Waals surface area contributed by atoms with Crippen LogP contribution in [-0.4, -0.2) is 27.9 Å². The van der Waals surface area contributed by atoms with Crippen LogP contribution in [0.3, 0.4) is 0 Å². The lowest BCUT2D eigenvalue weighted by Gasteiger charge is -2.06. The van der Waals surface area contributed by atoms with Gasteiger partial charge < -0.3 is 10.5 Å². The zero-order chi connectivity index (χ0) is 12.2. The third-order valence-corrected chi connectivity index (χ3v) is 3.95. The number of sulfone groups is 1. The van der Waals surface area contributed by atoms with Gasteiger partial charge in [0.25, 0.3) is 0 Å². The van der Waals surface area contributed by atoms with Gasteiger partial charge in [0.2, 0.25) is 0 Å². The van der Waals surface area contributed by atoms with Crippen LogP contribution in [0.15, 0.2) is 18.2 Å². The van der Waals surface area contributed by atoms with Crippen LogP contribution in [-0.2, 0) is 20.3 Å². The molecule has 0 saturated carbocycles. The van der Waals surface area contributed by atoms with E-state index >= 15 is 0 Å². The second-order valence-electron chi connectivity index (χ2n) is 3.44. The van der Waals surface area contributed by atoms with Gasteiger partial charge in [0.05, 0.1) is 18.1 Å². The molecule has 0 atom stereocenters. The van der Waals surface area contributed by atoms with Crippen molar-refractivity contribution in [1.29, 1.82) is 0 Å². The van der Waals surface area contributed by atoms with Crippen LogP contribution in [0.5, 0.6) is 0 Å². The summed E-state index contributed by atoms with van der Waals surface area (Å²) in [7, 11) is -1.74. The van der Waals surface area contributed by atoms with Crippen molar-refractivity contribution in [3.05, 3.63) is 28.8 Å². The molecule has 0 unspecified atom stereocenters. The highest BCUT2D eigenvalue weighted by Gasteiger charge is 2.14. The van der Waals surface area contributed by atoms with E-state index in [4.69, 9.17) is 22.1 Å². The van der Waals surface area contributed by atoms with Gasteiger partial charge in [0.15, 0.2) is 9.84 Å². The zero-order valence-corrected chi connectivity index (χ0v) is 10.5. The summed E-state index contributed by atoms with van der Waals surface area (Å²) in [4.78, 5) is 0. The molecule has 0 aliphatic rings. The summed E-state index contributed by atoms with van der Waals surface area (Å²) >= 11 is 5.89. The van der Waals surface area contributed by atoms with Gasteiger partial charge in [-0.2, -0.15) is 0 Å². The molecule has 6 heteroatoms. The number of ether oxygens (including phenoxy) is 1. The lowest BCUT2D eigenvalue weighted by atomic mass is 10.2. The number of methoxy groups -OCH3 is 1. The van der Waals surface area contributed by atoms with Crippen LogP contribution in [0, 0.1) is 0 Å². The summed E-state index contributed by atoms with van der Waals surface area (Å²) in [6.45, 7) is 0.183. The predicted octanol–water partition coefficient (Wildman–Crippen LogP) is 1.48. The maximum atomic E-state index is 11.6. The minimum Gasteiger partial charge on any atom is -0.399 e. The SMILES string of the molecule is COCCS(=O)(=O)Cc1cc(N)ccc1Cl. The van der Waals surface area contributed by atoms with Crippen molar-refractivity contribution in [2.24, 2.45) is 0 Å². The van der Waals surface area contributed by atoms with E-state index in [2.05, 4.69) is 0 Å². The van der Waals surface area contributed by atoms with E-state index < -0.39 is 9.84 Å². The van der Waals surface area contributed by atoms with E-state index in [-0.39, 0.29) is 18.1 Å². The maximum absolute atomic E-state index is 11.6. The lowest BCUT2D eigenvalue weighted by molar-refractivity contribution is 0.217. The number of rotatable bonds is 5. The Hall–Kier alpha value is -0.780. The number of hydrogen-bond donors (Lipinski definition) is 1. The summed E-state index contributed by atoms with van der Waals surface area (Å²) < 4.78 is 28.0. The van der Waals surface area contributed by atoms with Gasteiger partial charge in [0, 0.05) is 17.8 Å². The third kappa shape index (κ3) is 4.00. The molecule has 0 spiro atoms. The largest absolute Gasteiger partial charge is 0.399 e. The van der Waals surface area contributed by atoms with Crippen molar-refractivity contribution in [1.82, 2.24) is 0 Å². The summed E-state index contributed by atoms with van der Waals surface area (Å²) in [5.74, 6) is -0.130. The molecule has 16 heavy (non-hydrogen) atoms. The first-order chi connectivity index (χ1) is 7.44. The molecular weight excluding hydrogens is 250 g/mol. The Balaban J connectivity index is 2.83. The second-order valence-corrected chi connectivity index (χ2v) is 6.03. The van der Waals surface area contributed by atoms with E-state index in [1.165, 1.54) is 7.11 Å². The Kier molecular flexibility index (Phi) is 4.58. The highest BCUT2D eigenvalue weighted by molar-refractivity contribution is 7.90. The fraction of sp³-hybridized carbons (Fsp3) is 0.400. The van der Waals surface area contributed by atoms with Gasteiger partial charge >= 0.3 is 0 Å². The quantitative estimate of drug-likeness (QED) is 0.817. The fourth-order valence-electron chi connectivity index (χ4n) is 1.22. The van der Waals surface area contributed by atoms with Gasteiger partial charge in [0.1, 0.15) is 0 Å². The van der Waals surface area contributed by atoms with Crippen molar-refractivity contribution in [3.8, 4) is 0 Å². The molecule has 0 radical (unpaired) electrons. The molecule has 0 aliphatic carbocycles. The van der Waals surface area contributed by atoms with Crippen molar-refractivity contribution >= 4 is 27.1 Å². The van der Waals surface area contributed by atoms with Gasteiger partial charge in [-0.25, -0.2) is 8.42 Å². The van der Waals surface area contributed by atoms with Crippen LogP contribution in [0.1, 0.15) is 5.56 Å². The molecule has 1 aromatic rings. The van der Waals surface area contributed by atoms with E-state index in [1.807, 2.05) is 0 Å². The highest BCUT2D eigenvalue weighted by Crippen LogP contribution is 2.21. The molecule has 0 aliphatic heterocycles. The maximum Gasteiger partial charge on any atom is 0.156 e. The van der Waals surface area contributed by atoms with Crippen molar-refractivity contribution in [3.63, 3.8) is 0 Å². The standard InChI is InChI=1S/C10H14ClNO3S/c1-15-4-5-16(13,14)7-8-6-9(12)2-3-10(8)11/h2-3,6H,4-5,7,12H2,1H3. The van der Waals surface area contributed by atoms with Gasteiger partial charge in [-0.3, -0.25) is 0 Å². The first-order valence-electron chi connectivity index (χ1n) is 4.68. The Morgan fingerprint density at radius 2 is 2.12 bits per heavy atom. The van der Waals surface area contributed by atoms with Gasteiger partial charge in [-0.15, -0.1) is 0 Å². The molecule has 0 fully saturated rings. The number of benzene rings is 1. The zero-order valence-electron chi connectivity index (χ0n) is 8.94. The first-order valence-corrected chi connectivity index (χ1v) is 6.88. The smallest absolute Gasteiger partial charge is 0.156 e. The topological polar surface area (TPSA) is 69.4 Å². The monoisotopic (exact) mass is 263 g/mol. The number of nitrogen functional groups attached to an aromatic ring is 1. The van der Waals surface area contributed by atoms with E-state index in [0.29, 0.717) is 16.3 Å². The molecule has 1 rings (SSSR count). The predicted molar refractivity (Wildman–Crippen MR) is 65.2 cm³/mol. The average Bonchev–Trinajstić information content (AvgIpc) is 2.20. The number of anilines is 1. The Bertz CT molecular complexity index is 459. The summed E-state index contributed by atoms with van der Waals surface area (Å²) in [5, 5.41) is 0.412. The molecule has 0 aromatic heterocycles. The van der Waals surface area contributed by atoms with Gasteiger partial charge in [-0.1, -0.05) is 11.6 Å². The normalized spacial score (nSPS) is 11.6. The van der Waals surface area contributed by atoms with Crippen molar-refractivity contribution < 1.29 is 13.2 Å². The first kappa shape index (κ1) is 13.3. The minimum atomic E-state index is -3.20. The van der Waals surface area contributed by atoms with Crippen molar-refractivity contribution in [2.75, 3.05) is 25.2 Å².